The number of amides is 1. The van der Waals surface area contributed by atoms with E-state index in [1.807, 2.05) is 38.1 Å². The number of hydrogen-bond donors (Lipinski definition) is 1. The molecule has 0 saturated carbocycles. The highest BCUT2D eigenvalue weighted by Gasteiger charge is 2.27. The molecule has 0 aliphatic heterocycles. The van der Waals surface area contributed by atoms with Crippen LogP contribution in [0, 0.1) is 0 Å². The van der Waals surface area contributed by atoms with Gasteiger partial charge < -0.3 is 9.84 Å². The Morgan fingerprint density at radius 1 is 1.35 bits per heavy atom. The summed E-state index contributed by atoms with van der Waals surface area (Å²) in [6, 6.07) is 7.51. The van der Waals surface area contributed by atoms with Gasteiger partial charge in [0.15, 0.2) is 5.82 Å². The number of nitrogens with zero attached hydrogens (tertiary/aromatic N) is 5. The van der Waals surface area contributed by atoms with Gasteiger partial charge in [-0.3, -0.25) is 4.79 Å². The van der Waals surface area contributed by atoms with Gasteiger partial charge in [-0.25, -0.2) is 9.67 Å². The summed E-state index contributed by atoms with van der Waals surface area (Å²) in [5.74, 6) is 0.629. The average molecular weight is 312 g/mol. The first-order valence-corrected chi connectivity index (χ1v) is 7.04. The van der Waals surface area contributed by atoms with E-state index in [1.54, 1.807) is 11.0 Å². The van der Waals surface area contributed by atoms with Crippen LogP contribution in [0.3, 0.4) is 0 Å². The van der Waals surface area contributed by atoms with Gasteiger partial charge in [0.1, 0.15) is 12.7 Å². The second-order valence-electron chi connectivity index (χ2n) is 5.62. The Balaban J connectivity index is 1.92. The van der Waals surface area contributed by atoms with Crippen molar-refractivity contribution in [2.45, 2.75) is 26.3 Å². The minimum Gasteiger partial charge on any atom is -0.344 e. The van der Waals surface area contributed by atoms with Gasteiger partial charge in [0, 0.05) is 12.5 Å². The van der Waals surface area contributed by atoms with Gasteiger partial charge in [0.05, 0.1) is 11.2 Å². The second-order valence-corrected chi connectivity index (χ2v) is 5.62. The monoisotopic (exact) mass is 312 g/mol. The van der Waals surface area contributed by atoms with Crippen molar-refractivity contribution in [2.75, 3.05) is 0 Å². The molecule has 0 atom stereocenters. The highest BCUT2D eigenvalue weighted by molar-refractivity contribution is 5.73. The molecule has 118 valence electrons. The van der Waals surface area contributed by atoms with Crippen molar-refractivity contribution in [2.24, 2.45) is 0 Å². The summed E-state index contributed by atoms with van der Waals surface area (Å²) in [7, 11) is 0. The zero-order valence-corrected chi connectivity index (χ0v) is 13.0. The highest BCUT2D eigenvalue weighted by atomic mass is 16.5. The van der Waals surface area contributed by atoms with E-state index >= 15 is 0 Å². The molecule has 8 nitrogen and oxygen atoms in total. The lowest BCUT2D eigenvalue weighted by Crippen LogP contribution is -2.40. The third kappa shape index (κ3) is 3.10. The molecule has 0 bridgehead atoms. The van der Waals surface area contributed by atoms with Crippen molar-refractivity contribution in [3.63, 3.8) is 0 Å². The predicted molar refractivity (Wildman–Crippen MR) is 81.5 cm³/mol. The first kappa shape index (κ1) is 14.9. The molecule has 0 spiro atoms. The third-order valence-electron chi connectivity index (χ3n) is 3.25. The molecular formula is C15H16N6O2. The molecule has 1 amide bonds. The number of nitrogens with one attached hydrogen (secondary N) is 1. The molecule has 1 N–H and O–H groups in total. The van der Waals surface area contributed by atoms with E-state index in [2.05, 4.69) is 25.5 Å². The Morgan fingerprint density at radius 3 is 2.87 bits per heavy atom. The lowest BCUT2D eigenvalue weighted by atomic mass is 10.1. The molecule has 0 unspecified atom stereocenters. The molecule has 3 aromatic rings. The summed E-state index contributed by atoms with van der Waals surface area (Å²) in [5.41, 5.74) is 0.883. The zero-order valence-electron chi connectivity index (χ0n) is 13.0. The molecule has 0 aliphatic rings. The Labute approximate surface area is 132 Å². The molecule has 2 heterocycles. The number of rotatable bonds is 4. The van der Waals surface area contributed by atoms with Crippen LogP contribution in [0.4, 0.5) is 0 Å². The number of aromatic nitrogens is 5. The van der Waals surface area contributed by atoms with Gasteiger partial charge in [-0.15, -0.1) is 0 Å². The minimum absolute atomic E-state index is 0.158. The van der Waals surface area contributed by atoms with Gasteiger partial charge in [0.25, 0.3) is 5.89 Å². The fourth-order valence-electron chi connectivity index (χ4n) is 2.21. The van der Waals surface area contributed by atoms with Crippen molar-refractivity contribution in [1.82, 2.24) is 30.2 Å². The molecule has 23 heavy (non-hydrogen) atoms. The van der Waals surface area contributed by atoms with Gasteiger partial charge >= 0.3 is 0 Å². The maximum atomic E-state index is 11.3. The van der Waals surface area contributed by atoms with Crippen LogP contribution in [0.15, 0.2) is 41.4 Å². The van der Waals surface area contributed by atoms with Crippen LogP contribution in [-0.2, 0) is 10.3 Å². The largest absolute Gasteiger partial charge is 0.344 e. The standard InChI is InChI=1S/C15H16N6O2/c1-10(22)19-15(2,3)14-18-13(23-20-14)11-5-4-6-12(7-11)21-9-16-8-17-21/h4-9H,1-3H3,(H,19,22). The lowest BCUT2D eigenvalue weighted by molar-refractivity contribution is -0.120. The molecular weight excluding hydrogens is 296 g/mol. The number of hydrogen-bond acceptors (Lipinski definition) is 6. The fraction of sp³-hybridized carbons (Fsp3) is 0.267. The number of benzene rings is 1. The molecule has 3 rings (SSSR count). The Morgan fingerprint density at radius 2 is 2.17 bits per heavy atom. The van der Waals surface area contributed by atoms with Crippen LogP contribution in [0.1, 0.15) is 26.6 Å². The summed E-state index contributed by atoms with van der Waals surface area (Å²) in [6.45, 7) is 5.08. The molecule has 0 saturated heterocycles. The Hall–Kier alpha value is -3.03. The maximum absolute atomic E-state index is 11.3. The van der Waals surface area contributed by atoms with Gasteiger partial charge in [0.2, 0.25) is 5.91 Å². The van der Waals surface area contributed by atoms with E-state index in [0.29, 0.717) is 11.7 Å². The van der Waals surface area contributed by atoms with Crippen molar-refractivity contribution in [1.29, 1.82) is 0 Å². The van der Waals surface area contributed by atoms with Crippen molar-refractivity contribution >= 4 is 5.91 Å². The van der Waals surface area contributed by atoms with Crippen LogP contribution in [-0.4, -0.2) is 30.8 Å². The van der Waals surface area contributed by atoms with Gasteiger partial charge in [-0.1, -0.05) is 11.2 Å². The van der Waals surface area contributed by atoms with E-state index in [-0.39, 0.29) is 5.91 Å². The summed E-state index contributed by atoms with van der Waals surface area (Å²) in [6.07, 6.45) is 3.08. The van der Waals surface area contributed by atoms with Crippen LogP contribution in [0.25, 0.3) is 17.1 Å². The molecule has 0 radical (unpaired) electrons. The smallest absolute Gasteiger partial charge is 0.258 e. The SMILES string of the molecule is CC(=O)NC(C)(C)c1noc(-c2cccc(-n3cncn3)c2)n1. The van der Waals surface area contributed by atoms with Gasteiger partial charge in [-0.2, -0.15) is 10.1 Å². The minimum atomic E-state index is -0.711. The maximum Gasteiger partial charge on any atom is 0.258 e. The highest BCUT2D eigenvalue weighted by Crippen LogP contribution is 2.23. The summed E-state index contributed by atoms with van der Waals surface area (Å²) >= 11 is 0. The molecule has 0 aliphatic carbocycles. The van der Waals surface area contributed by atoms with Crippen LogP contribution >= 0.6 is 0 Å². The van der Waals surface area contributed by atoms with Crippen LogP contribution < -0.4 is 5.32 Å². The van der Waals surface area contributed by atoms with E-state index in [0.717, 1.165) is 11.3 Å². The van der Waals surface area contributed by atoms with Crippen molar-refractivity contribution in [3.05, 3.63) is 42.7 Å². The number of carbonyl (C=O) groups is 1. The lowest BCUT2D eigenvalue weighted by Gasteiger charge is -2.20. The Kier molecular flexibility index (Phi) is 3.65. The average Bonchev–Trinajstić information content (AvgIpc) is 3.18. The van der Waals surface area contributed by atoms with Crippen LogP contribution in [0.5, 0.6) is 0 Å². The second kappa shape index (κ2) is 5.64. The van der Waals surface area contributed by atoms with E-state index in [9.17, 15) is 4.79 Å². The topological polar surface area (TPSA) is 98.7 Å². The van der Waals surface area contributed by atoms with Crippen molar-refractivity contribution in [3.8, 4) is 17.1 Å². The predicted octanol–water partition coefficient (Wildman–Crippen LogP) is 1.69. The first-order chi connectivity index (χ1) is 11.0. The van der Waals surface area contributed by atoms with E-state index < -0.39 is 5.54 Å². The normalized spacial score (nSPS) is 11.4. The van der Waals surface area contributed by atoms with Crippen molar-refractivity contribution < 1.29 is 9.32 Å². The quantitative estimate of drug-likeness (QED) is 0.787. The van der Waals surface area contributed by atoms with Gasteiger partial charge in [-0.05, 0) is 32.0 Å². The summed E-state index contributed by atoms with van der Waals surface area (Å²) in [4.78, 5) is 19.6. The van der Waals surface area contributed by atoms with E-state index in [1.165, 1.54) is 13.3 Å². The van der Waals surface area contributed by atoms with Crippen LogP contribution in [0.2, 0.25) is 0 Å². The number of carbonyl (C=O) groups excluding carboxylic acids is 1. The molecule has 2 aromatic heterocycles. The summed E-state index contributed by atoms with van der Waals surface area (Å²) < 4.78 is 6.97. The third-order valence-corrected chi connectivity index (χ3v) is 3.25. The molecule has 1 aromatic carbocycles. The zero-order chi connectivity index (χ0) is 16.4. The fourth-order valence-corrected chi connectivity index (χ4v) is 2.21. The van der Waals surface area contributed by atoms with E-state index in [4.69, 9.17) is 4.52 Å². The molecule has 0 fully saturated rings. The molecule has 8 heteroatoms. The Bertz CT molecular complexity index is 822. The summed E-state index contributed by atoms with van der Waals surface area (Å²) in [5, 5.41) is 10.9. The first-order valence-electron chi connectivity index (χ1n) is 7.04.